The topological polar surface area (TPSA) is 0 Å². The van der Waals surface area contributed by atoms with Crippen molar-refractivity contribution < 1.29 is 0 Å². The summed E-state index contributed by atoms with van der Waals surface area (Å²) in [4.78, 5) is 0. The number of fused-ring (bicyclic) bond motifs is 6. The summed E-state index contributed by atoms with van der Waals surface area (Å²) in [5.74, 6) is 0. The van der Waals surface area contributed by atoms with Crippen molar-refractivity contribution in [1.82, 2.24) is 0 Å². The number of aryl methyl sites for hydroxylation is 4. The molecule has 0 N–H and O–H groups in total. The van der Waals surface area contributed by atoms with Gasteiger partial charge >= 0.3 is 0 Å². The first-order valence-corrected chi connectivity index (χ1v) is 23.8. The maximum atomic E-state index is 2.62. The fourth-order valence-electron chi connectivity index (χ4n) is 9.30. The van der Waals surface area contributed by atoms with Crippen LogP contribution in [0.4, 0.5) is 0 Å². The van der Waals surface area contributed by atoms with E-state index in [1.807, 2.05) is 32.0 Å². The van der Waals surface area contributed by atoms with E-state index in [4.69, 9.17) is 0 Å². The zero-order valence-corrected chi connectivity index (χ0v) is 38.8. The molecule has 0 nitrogen and oxygen atoms in total. The molecule has 6 aromatic rings. The molecule has 0 bridgehead atoms. The molecule has 0 fully saturated rings. The minimum atomic E-state index is 0.0924. The molecule has 0 heterocycles. The van der Waals surface area contributed by atoms with Gasteiger partial charge in [-0.15, -0.1) is 0 Å². The highest BCUT2D eigenvalue weighted by Gasteiger charge is 2.43. The van der Waals surface area contributed by atoms with E-state index < -0.39 is 0 Å². The number of allylic oxidation sites excluding steroid dienone is 4. The second-order valence-electron chi connectivity index (χ2n) is 17.6. The van der Waals surface area contributed by atoms with E-state index in [0.717, 1.165) is 12.8 Å². The molecular formula is C60H76. The fraction of sp³-hybridized carbons (Fsp3) is 0.400. The molecule has 316 valence electrons. The number of unbranched alkanes of at least 4 members (excludes halogenated alkanes) is 6. The van der Waals surface area contributed by atoms with Crippen LogP contribution < -0.4 is 0 Å². The highest BCUT2D eigenvalue weighted by Crippen LogP contribution is 2.57. The molecular weight excluding hydrogens is 721 g/mol. The molecule has 8 rings (SSSR count). The summed E-state index contributed by atoms with van der Waals surface area (Å²) in [6.45, 7) is 17.5. The Morgan fingerprint density at radius 3 is 1.75 bits per heavy atom. The molecule has 0 amide bonds. The van der Waals surface area contributed by atoms with Gasteiger partial charge in [0.15, 0.2) is 0 Å². The average molecular weight is 797 g/mol. The number of hydrogen-bond donors (Lipinski definition) is 0. The van der Waals surface area contributed by atoms with Gasteiger partial charge < -0.3 is 0 Å². The van der Waals surface area contributed by atoms with E-state index in [-0.39, 0.29) is 5.41 Å². The Morgan fingerprint density at radius 2 is 1.17 bits per heavy atom. The highest BCUT2D eigenvalue weighted by molar-refractivity contribution is 6.01. The molecule has 2 aliphatic rings. The van der Waals surface area contributed by atoms with Crippen molar-refractivity contribution in [3.05, 3.63) is 179 Å². The Bertz CT molecular complexity index is 2240. The van der Waals surface area contributed by atoms with Crippen LogP contribution in [0.2, 0.25) is 0 Å². The Labute approximate surface area is 366 Å². The van der Waals surface area contributed by atoms with Gasteiger partial charge in [0.25, 0.3) is 0 Å². The minimum absolute atomic E-state index is 0.0924. The van der Waals surface area contributed by atoms with Gasteiger partial charge in [-0.1, -0.05) is 238 Å². The van der Waals surface area contributed by atoms with Gasteiger partial charge in [-0.25, -0.2) is 0 Å². The normalized spacial score (nSPS) is 15.5. The summed E-state index contributed by atoms with van der Waals surface area (Å²) in [6.07, 6.45) is 26.5. The molecule has 1 atom stereocenters. The number of rotatable bonds is 14. The standard InChI is InChI=1S/C42H48.C9H14.C7H8.C2H6/c1-4-6-8-13-25-42(26-14-9-7-5-2)40-30-36-28-33(19-18-32-15-11-10-12-16-32)20-21-34(36)29-39(40)38-24-22-35-27-31(3)17-23-37(35)41(38)42;1-3-9(2)7-5-4-6-8-9;1-7-5-3-2-4-6-7;1-2/h10-12,15-17,20-24,27-30H,4-9,13-14,18-19,25-26H2,1-3H3;4-7H,3,8H2,1-2H3;2-6H,1H3;1-2H3. The monoisotopic (exact) mass is 797 g/mol. The Balaban J connectivity index is 0.000000313. The Kier molecular flexibility index (Phi) is 18.1. The minimum Gasteiger partial charge on any atom is -0.0837 e. The first-order valence-electron chi connectivity index (χ1n) is 23.8. The van der Waals surface area contributed by atoms with Gasteiger partial charge in [-0.2, -0.15) is 0 Å². The van der Waals surface area contributed by atoms with E-state index in [9.17, 15) is 0 Å². The van der Waals surface area contributed by atoms with Crippen molar-refractivity contribution in [2.45, 2.75) is 151 Å². The summed E-state index contributed by atoms with van der Waals surface area (Å²) < 4.78 is 0. The van der Waals surface area contributed by atoms with Crippen LogP contribution in [0.3, 0.4) is 0 Å². The Hall–Kier alpha value is -4.68. The quantitative estimate of drug-likeness (QED) is 0.0963. The third kappa shape index (κ3) is 12.0. The summed E-state index contributed by atoms with van der Waals surface area (Å²) in [7, 11) is 0. The van der Waals surface area contributed by atoms with Gasteiger partial charge in [0, 0.05) is 5.41 Å². The second-order valence-corrected chi connectivity index (χ2v) is 17.6. The summed E-state index contributed by atoms with van der Waals surface area (Å²) >= 11 is 0. The lowest BCUT2D eigenvalue weighted by molar-refractivity contribution is 0.403. The maximum absolute atomic E-state index is 2.62. The van der Waals surface area contributed by atoms with E-state index >= 15 is 0 Å². The van der Waals surface area contributed by atoms with Gasteiger partial charge in [-0.05, 0) is 125 Å². The maximum Gasteiger partial charge on any atom is 0.0221 e. The lowest BCUT2D eigenvalue weighted by atomic mass is 9.69. The molecule has 0 aromatic heterocycles. The van der Waals surface area contributed by atoms with Crippen LogP contribution in [-0.4, -0.2) is 0 Å². The van der Waals surface area contributed by atoms with Crippen molar-refractivity contribution in [2.75, 3.05) is 0 Å². The van der Waals surface area contributed by atoms with Gasteiger partial charge in [0.1, 0.15) is 0 Å². The van der Waals surface area contributed by atoms with Gasteiger partial charge in [0.05, 0.1) is 0 Å². The van der Waals surface area contributed by atoms with Crippen LogP contribution in [0, 0.1) is 19.3 Å². The van der Waals surface area contributed by atoms with Gasteiger partial charge in [-0.3, -0.25) is 0 Å². The van der Waals surface area contributed by atoms with Crippen LogP contribution in [0.5, 0.6) is 0 Å². The third-order valence-corrected chi connectivity index (χ3v) is 13.0. The van der Waals surface area contributed by atoms with Crippen molar-refractivity contribution in [3.8, 4) is 11.1 Å². The van der Waals surface area contributed by atoms with Crippen molar-refractivity contribution >= 4 is 21.5 Å². The predicted octanol–water partition coefficient (Wildman–Crippen LogP) is 18.2. The fourth-order valence-corrected chi connectivity index (χ4v) is 9.30. The third-order valence-electron chi connectivity index (χ3n) is 13.0. The molecule has 0 saturated heterocycles. The zero-order chi connectivity index (χ0) is 42.8. The van der Waals surface area contributed by atoms with Gasteiger partial charge in [0.2, 0.25) is 0 Å². The zero-order valence-electron chi connectivity index (χ0n) is 38.8. The molecule has 60 heavy (non-hydrogen) atoms. The van der Waals surface area contributed by atoms with Crippen LogP contribution in [0.15, 0.2) is 146 Å². The van der Waals surface area contributed by atoms with Crippen molar-refractivity contribution in [3.63, 3.8) is 0 Å². The van der Waals surface area contributed by atoms with Crippen LogP contribution in [-0.2, 0) is 18.3 Å². The molecule has 1 unspecified atom stereocenters. The summed E-state index contributed by atoms with van der Waals surface area (Å²) in [5.41, 5.74) is 12.3. The SMILES string of the molecule is CC.CCC1(C)C=CC=CC1.CCCCCCC1(CCCCCC)c2cc3cc(CCc4ccccc4)ccc3cc2-c2ccc3cc(C)ccc3c21.Cc1ccccc1. The largest absolute Gasteiger partial charge is 0.0837 e. The predicted molar refractivity (Wildman–Crippen MR) is 268 cm³/mol. The average Bonchev–Trinajstić information content (AvgIpc) is 3.55. The van der Waals surface area contributed by atoms with E-state index in [2.05, 4.69) is 169 Å². The molecule has 0 saturated carbocycles. The Morgan fingerprint density at radius 1 is 0.517 bits per heavy atom. The van der Waals surface area contributed by atoms with Crippen LogP contribution in [0.1, 0.15) is 152 Å². The molecule has 0 spiro atoms. The molecule has 0 radical (unpaired) electrons. The molecule has 2 aliphatic carbocycles. The van der Waals surface area contributed by atoms with E-state index in [1.165, 1.54) is 132 Å². The molecule has 0 heteroatoms. The lowest BCUT2D eigenvalue weighted by Crippen LogP contribution is -2.26. The highest BCUT2D eigenvalue weighted by atomic mass is 14.5. The van der Waals surface area contributed by atoms with Crippen LogP contribution in [0.25, 0.3) is 32.7 Å². The van der Waals surface area contributed by atoms with Crippen LogP contribution >= 0.6 is 0 Å². The molecule has 0 aliphatic heterocycles. The lowest BCUT2D eigenvalue weighted by Gasteiger charge is -2.34. The van der Waals surface area contributed by atoms with Crippen molar-refractivity contribution in [1.29, 1.82) is 0 Å². The number of benzene rings is 6. The van der Waals surface area contributed by atoms with Crippen molar-refractivity contribution in [2.24, 2.45) is 5.41 Å². The first kappa shape index (κ1) is 46.4. The number of hydrogen-bond acceptors (Lipinski definition) is 0. The summed E-state index contributed by atoms with van der Waals surface area (Å²) in [6, 6.07) is 45.6. The van der Waals surface area contributed by atoms with E-state index in [1.54, 1.807) is 11.1 Å². The second kappa shape index (κ2) is 23.4. The van der Waals surface area contributed by atoms with E-state index in [0.29, 0.717) is 5.41 Å². The summed E-state index contributed by atoms with van der Waals surface area (Å²) in [5, 5.41) is 5.67. The first-order chi connectivity index (χ1) is 29.3. The smallest absolute Gasteiger partial charge is 0.0221 e. The molecule has 6 aromatic carbocycles.